The predicted octanol–water partition coefficient (Wildman–Crippen LogP) is 2.73. The fourth-order valence-corrected chi connectivity index (χ4v) is 4.29. The van der Waals surface area contributed by atoms with Crippen LogP contribution in [0.3, 0.4) is 0 Å². The van der Waals surface area contributed by atoms with Gasteiger partial charge >= 0.3 is 0 Å². The summed E-state index contributed by atoms with van der Waals surface area (Å²) < 4.78 is 30.9. The van der Waals surface area contributed by atoms with Crippen LogP contribution in [0.15, 0.2) is 41.8 Å². The summed E-state index contributed by atoms with van der Waals surface area (Å²) in [4.78, 5) is 15.8. The molecule has 27 heavy (non-hydrogen) atoms. The van der Waals surface area contributed by atoms with Gasteiger partial charge in [-0.15, -0.1) is 11.3 Å². The first-order valence-electron chi connectivity index (χ1n) is 8.90. The van der Waals surface area contributed by atoms with Gasteiger partial charge in [0.2, 0.25) is 10.0 Å². The number of carbonyl (C=O) groups excluding carboxylic acids is 1. The summed E-state index contributed by atoms with van der Waals surface area (Å²) in [6.07, 6.45) is 2.94. The number of amides is 1. The molecule has 0 bridgehead atoms. The van der Waals surface area contributed by atoms with E-state index in [9.17, 15) is 13.2 Å². The van der Waals surface area contributed by atoms with Crippen molar-refractivity contribution in [1.29, 1.82) is 0 Å². The van der Waals surface area contributed by atoms with Crippen LogP contribution >= 0.6 is 11.3 Å². The molecular formula is C19H24N2O4S2. The van der Waals surface area contributed by atoms with Gasteiger partial charge in [0.05, 0.1) is 6.26 Å². The van der Waals surface area contributed by atoms with E-state index in [-0.39, 0.29) is 11.8 Å². The van der Waals surface area contributed by atoms with Crippen LogP contribution in [-0.4, -0.2) is 45.1 Å². The maximum Gasteiger partial charge on any atom is 0.253 e. The number of benzene rings is 1. The molecule has 0 unspecified atom stereocenters. The molecule has 146 valence electrons. The Labute approximate surface area is 164 Å². The number of likely N-dealkylation sites (tertiary alicyclic amines) is 1. The van der Waals surface area contributed by atoms with Crippen molar-refractivity contribution in [2.45, 2.75) is 19.4 Å². The third-order valence-electron chi connectivity index (χ3n) is 4.48. The molecule has 2 heterocycles. The van der Waals surface area contributed by atoms with Crippen molar-refractivity contribution in [2.75, 3.05) is 25.9 Å². The molecule has 1 aliphatic heterocycles. The first kappa shape index (κ1) is 19.9. The highest BCUT2D eigenvalue weighted by Gasteiger charge is 2.25. The Morgan fingerprint density at radius 3 is 2.93 bits per heavy atom. The Kier molecular flexibility index (Phi) is 6.51. The van der Waals surface area contributed by atoms with E-state index in [0.29, 0.717) is 37.6 Å². The molecule has 1 saturated heterocycles. The number of nitrogens with one attached hydrogen (secondary N) is 1. The lowest BCUT2D eigenvalue weighted by atomic mass is 9.97. The number of nitrogens with zero attached hydrogens (tertiary/aromatic N) is 1. The van der Waals surface area contributed by atoms with E-state index in [4.69, 9.17) is 4.74 Å². The highest BCUT2D eigenvalue weighted by molar-refractivity contribution is 7.88. The average molecular weight is 409 g/mol. The van der Waals surface area contributed by atoms with E-state index in [1.54, 1.807) is 28.4 Å². The van der Waals surface area contributed by atoms with Gasteiger partial charge < -0.3 is 9.64 Å². The lowest BCUT2D eigenvalue weighted by molar-refractivity contribution is 0.0676. The summed E-state index contributed by atoms with van der Waals surface area (Å²) in [5.74, 6) is 0.762. The molecule has 0 spiro atoms. The Morgan fingerprint density at radius 2 is 2.19 bits per heavy atom. The van der Waals surface area contributed by atoms with Crippen molar-refractivity contribution in [3.63, 3.8) is 0 Å². The lowest BCUT2D eigenvalue weighted by Crippen LogP contribution is -2.43. The average Bonchev–Trinajstić information content (AvgIpc) is 3.18. The molecular weight excluding hydrogens is 384 g/mol. The van der Waals surface area contributed by atoms with E-state index in [0.717, 1.165) is 24.0 Å². The second-order valence-electron chi connectivity index (χ2n) is 6.78. The largest absolute Gasteiger partial charge is 0.488 e. The molecule has 2 aromatic rings. The number of ether oxygens (including phenoxy) is 1. The third kappa shape index (κ3) is 6.05. The number of piperidine rings is 1. The molecule has 1 atom stereocenters. The van der Waals surface area contributed by atoms with Crippen molar-refractivity contribution < 1.29 is 17.9 Å². The maximum atomic E-state index is 12.9. The van der Waals surface area contributed by atoms with Crippen LogP contribution in [0.2, 0.25) is 0 Å². The minimum Gasteiger partial charge on any atom is -0.488 e. The van der Waals surface area contributed by atoms with Crippen molar-refractivity contribution >= 4 is 27.3 Å². The summed E-state index contributed by atoms with van der Waals surface area (Å²) >= 11 is 1.63. The van der Waals surface area contributed by atoms with Crippen LogP contribution in [-0.2, 0) is 16.6 Å². The normalized spacial score (nSPS) is 17.7. The molecule has 1 aliphatic rings. The Balaban J connectivity index is 1.60. The molecule has 3 rings (SSSR count). The van der Waals surface area contributed by atoms with Crippen molar-refractivity contribution in [3.8, 4) is 5.75 Å². The molecule has 0 aliphatic carbocycles. The summed E-state index contributed by atoms with van der Waals surface area (Å²) in [6.45, 7) is 2.10. The third-order valence-corrected chi connectivity index (χ3v) is 6.02. The summed E-state index contributed by atoms with van der Waals surface area (Å²) in [6, 6.07) is 11.2. The van der Waals surface area contributed by atoms with Gasteiger partial charge in [-0.1, -0.05) is 12.1 Å². The summed E-state index contributed by atoms with van der Waals surface area (Å²) in [7, 11) is -3.21. The van der Waals surface area contributed by atoms with Gasteiger partial charge in [-0.3, -0.25) is 4.79 Å². The number of hydrogen-bond donors (Lipinski definition) is 1. The van der Waals surface area contributed by atoms with E-state index in [2.05, 4.69) is 4.72 Å². The van der Waals surface area contributed by atoms with Gasteiger partial charge in [-0.2, -0.15) is 0 Å². The fraction of sp³-hybridized carbons (Fsp3) is 0.421. The Hall–Kier alpha value is -1.90. The Morgan fingerprint density at radius 1 is 1.33 bits per heavy atom. The van der Waals surface area contributed by atoms with Gasteiger partial charge in [0.15, 0.2) is 0 Å². The van der Waals surface area contributed by atoms with Crippen LogP contribution in [0.25, 0.3) is 0 Å². The van der Waals surface area contributed by atoms with Crippen LogP contribution in [0.5, 0.6) is 5.75 Å². The van der Waals surface area contributed by atoms with Gasteiger partial charge in [-0.25, -0.2) is 13.1 Å². The number of hydrogen-bond acceptors (Lipinski definition) is 5. The predicted molar refractivity (Wildman–Crippen MR) is 107 cm³/mol. The molecule has 0 radical (unpaired) electrons. The fourth-order valence-electron chi connectivity index (χ4n) is 3.14. The lowest BCUT2D eigenvalue weighted by Gasteiger charge is -2.33. The van der Waals surface area contributed by atoms with Crippen molar-refractivity contribution in [1.82, 2.24) is 9.62 Å². The van der Waals surface area contributed by atoms with Crippen LogP contribution < -0.4 is 9.46 Å². The second kappa shape index (κ2) is 8.86. The molecule has 1 fully saturated rings. The summed E-state index contributed by atoms with van der Waals surface area (Å²) in [5.41, 5.74) is 0.593. The van der Waals surface area contributed by atoms with Crippen LogP contribution in [0.4, 0.5) is 0 Å². The van der Waals surface area contributed by atoms with E-state index >= 15 is 0 Å². The second-order valence-corrected chi connectivity index (χ2v) is 9.64. The number of rotatable bonds is 7. The summed E-state index contributed by atoms with van der Waals surface area (Å²) in [5, 5.41) is 2.00. The molecule has 8 heteroatoms. The first-order chi connectivity index (χ1) is 12.9. The molecule has 0 saturated carbocycles. The molecule has 1 aromatic heterocycles. The smallest absolute Gasteiger partial charge is 0.253 e. The highest BCUT2D eigenvalue weighted by atomic mass is 32.2. The minimum absolute atomic E-state index is 0.0411. The van der Waals surface area contributed by atoms with E-state index < -0.39 is 10.0 Å². The zero-order valence-electron chi connectivity index (χ0n) is 15.3. The van der Waals surface area contributed by atoms with Gasteiger partial charge in [0, 0.05) is 30.1 Å². The molecule has 1 amide bonds. The van der Waals surface area contributed by atoms with Gasteiger partial charge in [0.1, 0.15) is 12.4 Å². The molecule has 1 aromatic carbocycles. The standard InChI is InChI=1S/C19H24N2O4S2/c1-27(23,24)20-12-15-5-3-9-21(13-15)19(22)16-6-2-7-17(11-16)25-14-18-8-4-10-26-18/h2,4,6-8,10-11,15,20H,3,5,9,12-14H2,1H3/t15-/m1/s1. The van der Waals surface area contributed by atoms with E-state index in [1.165, 1.54) is 0 Å². The van der Waals surface area contributed by atoms with E-state index in [1.807, 2.05) is 29.6 Å². The zero-order valence-corrected chi connectivity index (χ0v) is 16.9. The molecule has 1 N–H and O–H groups in total. The van der Waals surface area contributed by atoms with Gasteiger partial charge in [0.25, 0.3) is 5.91 Å². The quantitative estimate of drug-likeness (QED) is 0.764. The van der Waals surface area contributed by atoms with Gasteiger partial charge in [-0.05, 0) is 48.4 Å². The molecule has 6 nitrogen and oxygen atoms in total. The van der Waals surface area contributed by atoms with Crippen molar-refractivity contribution in [3.05, 3.63) is 52.2 Å². The first-order valence-corrected chi connectivity index (χ1v) is 11.7. The highest BCUT2D eigenvalue weighted by Crippen LogP contribution is 2.21. The minimum atomic E-state index is -3.21. The topological polar surface area (TPSA) is 75.7 Å². The Bertz CT molecular complexity index is 866. The number of thiophene rings is 1. The zero-order chi connectivity index (χ0) is 19.3. The SMILES string of the molecule is CS(=O)(=O)NC[C@H]1CCCN(C(=O)c2cccc(OCc3cccs3)c2)C1. The van der Waals surface area contributed by atoms with Crippen LogP contribution in [0.1, 0.15) is 28.1 Å². The maximum absolute atomic E-state index is 12.9. The number of sulfonamides is 1. The number of carbonyl (C=O) groups is 1. The van der Waals surface area contributed by atoms with Crippen molar-refractivity contribution in [2.24, 2.45) is 5.92 Å². The van der Waals surface area contributed by atoms with Crippen LogP contribution in [0, 0.1) is 5.92 Å². The monoisotopic (exact) mass is 408 g/mol.